The molecule has 214 valence electrons. The van der Waals surface area contributed by atoms with Gasteiger partial charge in [-0.2, -0.15) is 0 Å². The Kier molecular flexibility index (Phi) is 8.79. The third-order valence-electron chi connectivity index (χ3n) is 7.41. The van der Waals surface area contributed by atoms with Crippen LogP contribution in [0.4, 0.5) is 5.69 Å². The van der Waals surface area contributed by atoms with Crippen molar-refractivity contribution in [2.75, 3.05) is 57.9 Å². The lowest BCUT2D eigenvalue weighted by molar-refractivity contribution is -0.133. The van der Waals surface area contributed by atoms with Crippen LogP contribution in [0.5, 0.6) is 5.75 Å². The van der Waals surface area contributed by atoms with Crippen LogP contribution < -0.4 is 15.4 Å². The third kappa shape index (κ3) is 6.49. The number of hydrogen-bond acceptors (Lipinski definition) is 6. The van der Waals surface area contributed by atoms with Crippen molar-refractivity contribution in [1.29, 1.82) is 0 Å². The number of halogens is 2. The number of fused-ring (bicyclic) bond motifs is 1. The number of primary amides is 1. The van der Waals surface area contributed by atoms with Crippen molar-refractivity contribution in [1.82, 2.24) is 9.80 Å². The maximum Gasteiger partial charge on any atom is 0.265 e. The molecule has 3 amide bonds. The number of ether oxygens (including phenoxy) is 2. The van der Waals surface area contributed by atoms with E-state index in [0.717, 1.165) is 29.8 Å². The van der Waals surface area contributed by atoms with Crippen LogP contribution in [-0.4, -0.2) is 80.6 Å². The normalized spacial score (nSPS) is 16.1. The Hall–Kier alpha value is -3.63. The molecule has 2 N–H and O–H groups in total. The van der Waals surface area contributed by atoms with E-state index >= 15 is 0 Å². The molecule has 3 aromatic carbocycles. The summed E-state index contributed by atoms with van der Waals surface area (Å²) in [5.74, 6) is -0.673. The van der Waals surface area contributed by atoms with Gasteiger partial charge in [-0.1, -0.05) is 53.5 Å². The van der Waals surface area contributed by atoms with Gasteiger partial charge in [0.15, 0.2) is 6.61 Å². The Morgan fingerprint density at radius 2 is 1.71 bits per heavy atom. The third-order valence-corrected chi connectivity index (χ3v) is 8.13. The molecule has 3 aromatic rings. The molecule has 11 heteroatoms. The molecule has 0 aliphatic carbocycles. The fourth-order valence-corrected chi connectivity index (χ4v) is 5.33. The lowest BCUT2D eigenvalue weighted by Crippen LogP contribution is -2.48. The molecular weight excluding hydrogens is 567 g/mol. The predicted molar refractivity (Wildman–Crippen MR) is 157 cm³/mol. The minimum atomic E-state index is -0.484. The van der Waals surface area contributed by atoms with E-state index in [9.17, 15) is 14.4 Å². The molecule has 0 aromatic heterocycles. The summed E-state index contributed by atoms with van der Waals surface area (Å²) >= 11 is 12.4. The van der Waals surface area contributed by atoms with Crippen LogP contribution in [0.1, 0.15) is 22.0 Å². The summed E-state index contributed by atoms with van der Waals surface area (Å²) in [5, 5.41) is 0.568. The molecule has 0 spiro atoms. The van der Waals surface area contributed by atoms with E-state index in [2.05, 4.69) is 4.90 Å². The quantitative estimate of drug-likeness (QED) is 0.421. The number of morpholine rings is 1. The fourth-order valence-electron chi connectivity index (χ4n) is 5.02. The molecule has 9 nitrogen and oxygen atoms in total. The summed E-state index contributed by atoms with van der Waals surface area (Å²) in [5.41, 5.74) is 9.03. The van der Waals surface area contributed by atoms with Crippen molar-refractivity contribution >= 4 is 46.6 Å². The van der Waals surface area contributed by atoms with E-state index in [1.165, 1.54) is 4.90 Å². The number of nitrogens with zero attached hydrogens (tertiary/aromatic N) is 3. The average molecular weight is 597 g/mol. The molecular formula is C30H30Cl2N4O5. The van der Waals surface area contributed by atoms with Crippen LogP contribution in [0.15, 0.2) is 60.7 Å². The zero-order chi connectivity index (χ0) is 29.1. The highest BCUT2D eigenvalue weighted by atomic mass is 35.5. The van der Waals surface area contributed by atoms with Gasteiger partial charge in [-0.25, -0.2) is 0 Å². The Balaban J connectivity index is 1.43. The smallest absolute Gasteiger partial charge is 0.265 e. The number of rotatable bonds is 8. The topological polar surface area (TPSA) is 105 Å². The average Bonchev–Trinajstić information content (AvgIpc) is 2.98. The number of likely N-dealkylation sites (N-methyl/N-ethyl adjacent to an activating group) is 1. The first-order valence-corrected chi connectivity index (χ1v) is 13.9. The van der Waals surface area contributed by atoms with E-state index in [0.29, 0.717) is 41.8 Å². The van der Waals surface area contributed by atoms with Gasteiger partial charge in [0.05, 0.1) is 35.0 Å². The largest absolute Gasteiger partial charge is 0.482 e. The summed E-state index contributed by atoms with van der Waals surface area (Å²) in [7, 11) is 1.75. The van der Waals surface area contributed by atoms with Gasteiger partial charge in [0.25, 0.3) is 5.91 Å². The van der Waals surface area contributed by atoms with Gasteiger partial charge in [0, 0.05) is 38.3 Å². The van der Waals surface area contributed by atoms with Crippen molar-refractivity contribution in [2.45, 2.75) is 6.04 Å². The van der Waals surface area contributed by atoms with Gasteiger partial charge in [0.1, 0.15) is 12.3 Å². The highest BCUT2D eigenvalue weighted by molar-refractivity contribution is 6.42. The highest BCUT2D eigenvalue weighted by Crippen LogP contribution is 2.39. The van der Waals surface area contributed by atoms with Crippen molar-refractivity contribution in [3.05, 3.63) is 81.8 Å². The van der Waals surface area contributed by atoms with E-state index in [-0.39, 0.29) is 36.0 Å². The second-order valence-corrected chi connectivity index (χ2v) is 10.8. The molecule has 2 heterocycles. The SMILES string of the molecule is CN(C(=O)CN1C(=O)COc2cc(Cl)c(Cl)cc21)C(CN1CCOCC1)c1cccc(-c2ccc(C(N)=O)cc2)c1. The van der Waals surface area contributed by atoms with Crippen molar-refractivity contribution < 1.29 is 23.9 Å². The number of benzene rings is 3. The predicted octanol–water partition coefficient (Wildman–Crippen LogP) is 4.02. The molecule has 2 aliphatic heterocycles. The van der Waals surface area contributed by atoms with Crippen LogP contribution in [0.25, 0.3) is 11.1 Å². The first kappa shape index (κ1) is 28.9. The van der Waals surface area contributed by atoms with Crippen molar-refractivity contribution in [3.63, 3.8) is 0 Å². The molecule has 1 atom stereocenters. The summed E-state index contributed by atoms with van der Waals surface area (Å²) in [6.45, 7) is 2.96. The fraction of sp³-hybridized carbons (Fsp3) is 0.300. The van der Waals surface area contributed by atoms with Gasteiger partial charge >= 0.3 is 0 Å². The molecule has 1 fully saturated rings. The van der Waals surface area contributed by atoms with E-state index < -0.39 is 5.91 Å². The van der Waals surface area contributed by atoms with Crippen LogP contribution in [0.2, 0.25) is 10.0 Å². The van der Waals surface area contributed by atoms with Gasteiger partial charge in [-0.3, -0.25) is 24.2 Å². The summed E-state index contributed by atoms with van der Waals surface area (Å²) in [4.78, 5) is 43.5. The summed E-state index contributed by atoms with van der Waals surface area (Å²) in [6.07, 6.45) is 0. The number of carbonyl (C=O) groups is 3. The number of nitrogens with two attached hydrogens (primary N) is 1. The number of amides is 3. The monoisotopic (exact) mass is 596 g/mol. The van der Waals surface area contributed by atoms with Gasteiger partial charge < -0.3 is 20.1 Å². The Morgan fingerprint density at radius 1 is 1.00 bits per heavy atom. The maximum absolute atomic E-state index is 13.8. The van der Waals surface area contributed by atoms with Crippen LogP contribution >= 0.6 is 23.2 Å². The van der Waals surface area contributed by atoms with Crippen molar-refractivity contribution in [2.24, 2.45) is 5.73 Å². The Bertz CT molecular complexity index is 1460. The zero-order valence-corrected chi connectivity index (χ0v) is 24.0. The summed E-state index contributed by atoms with van der Waals surface area (Å²) < 4.78 is 11.1. The minimum absolute atomic E-state index is 0.183. The van der Waals surface area contributed by atoms with Gasteiger partial charge in [0.2, 0.25) is 11.8 Å². The van der Waals surface area contributed by atoms with E-state index in [1.807, 2.05) is 36.4 Å². The second-order valence-electron chi connectivity index (χ2n) is 10.0. The van der Waals surface area contributed by atoms with E-state index in [1.54, 1.807) is 36.2 Å². The standard InChI is InChI=1S/C30H30Cl2N4O5/c1-34(28(37)17-36-25-14-23(31)24(32)15-27(25)41-18-29(36)38)26(16-35-9-11-40-12-10-35)22-4-2-3-21(13-22)19-5-7-20(8-6-19)30(33)39/h2-8,13-15,26H,9-12,16-18H2,1H3,(H2,33,39). The molecule has 1 saturated heterocycles. The van der Waals surface area contributed by atoms with Gasteiger partial charge in [-0.15, -0.1) is 0 Å². The molecule has 0 radical (unpaired) electrons. The molecule has 2 aliphatic rings. The Labute approximate surface area is 248 Å². The first-order chi connectivity index (χ1) is 19.7. The van der Waals surface area contributed by atoms with Crippen LogP contribution in [-0.2, 0) is 14.3 Å². The number of anilines is 1. The molecule has 0 bridgehead atoms. The second kappa shape index (κ2) is 12.5. The lowest BCUT2D eigenvalue weighted by atomic mass is 9.97. The molecule has 5 rings (SSSR count). The number of hydrogen-bond donors (Lipinski definition) is 1. The maximum atomic E-state index is 13.8. The molecule has 41 heavy (non-hydrogen) atoms. The van der Waals surface area contributed by atoms with Gasteiger partial charge in [-0.05, 0) is 41.0 Å². The van der Waals surface area contributed by atoms with Crippen LogP contribution in [0.3, 0.4) is 0 Å². The van der Waals surface area contributed by atoms with E-state index in [4.69, 9.17) is 38.4 Å². The molecule has 1 unspecified atom stereocenters. The highest BCUT2D eigenvalue weighted by Gasteiger charge is 2.32. The van der Waals surface area contributed by atoms with Crippen molar-refractivity contribution in [3.8, 4) is 16.9 Å². The zero-order valence-electron chi connectivity index (χ0n) is 22.5. The lowest BCUT2D eigenvalue weighted by Gasteiger charge is -2.37. The summed E-state index contributed by atoms with van der Waals surface area (Å²) in [6, 6.07) is 17.8. The minimum Gasteiger partial charge on any atom is -0.482 e. The van der Waals surface area contributed by atoms with Crippen LogP contribution in [0, 0.1) is 0 Å². The number of carbonyl (C=O) groups excluding carboxylic acids is 3. The molecule has 0 saturated carbocycles. The Morgan fingerprint density at radius 3 is 2.41 bits per heavy atom. The first-order valence-electron chi connectivity index (χ1n) is 13.2.